The minimum Gasteiger partial charge on any atom is -0.383 e. The average Bonchev–Trinajstić information content (AvgIpc) is 2.47. The molecular formula is C16H9ClFN3. The summed E-state index contributed by atoms with van der Waals surface area (Å²) in [6, 6.07) is 13.1. The molecule has 3 aromatic rings. The Morgan fingerprint density at radius 3 is 2.52 bits per heavy atom. The molecule has 0 saturated heterocycles. The van der Waals surface area contributed by atoms with E-state index in [4.69, 9.17) is 17.3 Å². The molecule has 0 saturated carbocycles. The Labute approximate surface area is 125 Å². The molecule has 0 atom stereocenters. The fraction of sp³-hybridized carbons (Fsp3) is 0. The standard InChI is InChI=1S/C16H9ClFN3/c17-12-2-1-3-13-15(12)14(11(8-19)16(20)21-13)9-4-6-10(18)7-5-9/h1-7H,(H2,20,21). The Morgan fingerprint density at radius 2 is 1.86 bits per heavy atom. The van der Waals surface area contributed by atoms with Crippen LogP contribution in [0.3, 0.4) is 0 Å². The van der Waals surface area contributed by atoms with E-state index in [-0.39, 0.29) is 17.2 Å². The first-order chi connectivity index (χ1) is 10.1. The number of nitrogen functional groups attached to an aromatic ring is 1. The van der Waals surface area contributed by atoms with E-state index in [9.17, 15) is 9.65 Å². The molecule has 0 spiro atoms. The van der Waals surface area contributed by atoms with Crippen LogP contribution in [0.15, 0.2) is 42.5 Å². The van der Waals surface area contributed by atoms with Crippen LogP contribution in [0.5, 0.6) is 0 Å². The lowest BCUT2D eigenvalue weighted by Gasteiger charge is -2.12. The molecule has 2 aromatic carbocycles. The van der Waals surface area contributed by atoms with Gasteiger partial charge in [-0.05, 0) is 29.8 Å². The molecule has 0 aliphatic rings. The van der Waals surface area contributed by atoms with Crippen LogP contribution >= 0.6 is 11.6 Å². The molecule has 0 radical (unpaired) electrons. The van der Waals surface area contributed by atoms with Crippen LogP contribution in [0.25, 0.3) is 22.0 Å². The number of nitrogens with two attached hydrogens (primary N) is 1. The van der Waals surface area contributed by atoms with E-state index in [2.05, 4.69) is 11.1 Å². The van der Waals surface area contributed by atoms with E-state index in [0.717, 1.165) is 0 Å². The van der Waals surface area contributed by atoms with Gasteiger partial charge < -0.3 is 5.73 Å². The van der Waals surface area contributed by atoms with Gasteiger partial charge in [0.25, 0.3) is 0 Å². The third-order valence-electron chi connectivity index (χ3n) is 3.23. The van der Waals surface area contributed by atoms with E-state index >= 15 is 0 Å². The Balaban J connectivity index is 2.49. The van der Waals surface area contributed by atoms with Gasteiger partial charge in [0.2, 0.25) is 0 Å². The second kappa shape index (κ2) is 5.04. The number of benzene rings is 2. The number of pyridine rings is 1. The number of nitrogens with zero attached hydrogens (tertiary/aromatic N) is 2. The average molecular weight is 298 g/mol. The number of anilines is 1. The number of hydrogen-bond acceptors (Lipinski definition) is 3. The molecule has 0 amide bonds. The topological polar surface area (TPSA) is 62.7 Å². The minimum atomic E-state index is -0.352. The van der Waals surface area contributed by atoms with Gasteiger partial charge in [0.15, 0.2) is 0 Å². The highest BCUT2D eigenvalue weighted by molar-refractivity contribution is 6.36. The maximum absolute atomic E-state index is 13.1. The van der Waals surface area contributed by atoms with Crippen LogP contribution in [0.2, 0.25) is 5.02 Å². The molecule has 21 heavy (non-hydrogen) atoms. The zero-order valence-electron chi connectivity index (χ0n) is 10.8. The maximum atomic E-state index is 13.1. The summed E-state index contributed by atoms with van der Waals surface area (Å²) in [7, 11) is 0. The number of aromatic nitrogens is 1. The summed E-state index contributed by atoms with van der Waals surface area (Å²) in [6.07, 6.45) is 0. The lowest BCUT2D eigenvalue weighted by Crippen LogP contribution is -1.99. The predicted molar refractivity (Wildman–Crippen MR) is 81.3 cm³/mol. The highest BCUT2D eigenvalue weighted by Crippen LogP contribution is 2.37. The first-order valence-electron chi connectivity index (χ1n) is 6.15. The Morgan fingerprint density at radius 1 is 1.14 bits per heavy atom. The van der Waals surface area contributed by atoms with E-state index in [1.165, 1.54) is 12.1 Å². The van der Waals surface area contributed by atoms with Gasteiger partial charge in [-0.2, -0.15) is 5.26 Å². The number of hydrogen-bond donors (Lipinski definition) is 1. The molecule has 0 aliphatic heterocycles. The molecular weight excluding hydrogens is 289 g/mol. The van der Waals surface area contributed by atoms with Crippen molar-refractivity contribution in [2.45, 2.75) is 0 Å². The second-order valence-corrected chi connectivity index (χ2v) is 4.91. The highest BCUT2D eigenvalue weighted by atomic mass is 35.5. The fourth-order valence-electron chi connectivity index (χ4n) is 2.31. The van der Waals surface area contributed by atoms with Gasteiger partial charge in [-0.15, -0.1) is 0 Å². The number of nitriles is 1. The van der Waals surface area contributed by atoms with E-state index in [0.29, 0.717) is 27.1 Å². The molecule has 1 aromatic heterocycles. The van der Waals surface area contributed by atoms with Crippen LogP contribution in [0.4, 0.5) is 10.2 Å². The van der Waals surface area contributed by atoms with Crippen molar-refractivity contribution < 1.29 is 4.39 Å². The number of rotatable bonds is 1. The van der Waals surface area contributed by atoms with Crippen LogP contribution in [0, 0.1) is 17.1 Å². The van der Waals surface area contributed by atoms with Gasteiger partial charge in [0, 0.05) is 10.9 Å². The number of fused-ring (bicyclic) bond motifs is 1. The van der Waals surface area contributed by atoms with E-state index < -0.39 is 0 Å². The van der Waals surface area contributed by atoms with Crippen LogP contribution in [-0.2, 0) is 0 Å². The van der Waals surface area contributed by atoms with Gasteiger partial charge in [-0.25, -0.2) is 9.37 Å². The lowest BCUT2D eigenvalue weighted by molar-refractivity contribution is 0.628. The summed E-state index contributed by atoms with van der Waals surface area (Å²) in [6.45, 7) is 0. The van der Waals surface area contributed by atoms with Crippen molar-refractivity contribution in [3.63, 3.8) is 0 Å². The van der Waals surface area contributed by atoms with Crippen molar-refractivity contribution in [1.29, 1.82) is 5.26 Å². The van der Waals surface area contributed by atoms with E-state index in [1.807, 2.05) is 0 Å². The first-order valence-corrected chi connectivity index (χ1v) is 6.53. The predicted octanol–water partition coefficient (Wildman–Crippen LogP) is 4.15. The third-order valence-corrected chi connectivity index (χ3v) is 3.55. The van der Waals surface area contributed by atoms with Gasteiger partial charge in [0.05, 0.1) is 10.5 Å². The van der Waals surface area contributed by atoms with Crippen molar-refractivity contribution in [3.05, 3.63) is 58.9 Å². The molecule has 0 fully saturated rings. The summed E-state index contributed by atoms with van der Waals surface area (Å²) in [4.78, 5) is 4.21. The SMILES string of the molecule is N#Cc1c(N)nc2cccc(Cl)c2c1-c1ccc(F)cc1. The highest BCUT2D eigenvalue weighted by Gasteiger charge is 2.17. The fourth-order valence-corrected chi connectivity index (χ4v) is 2.57. The Bertz CT molecular complexity index is 883. The molecule has 102 valence electrons. The lowest BCUT2D eigenvalue weighted by atomic mass is 9.96. The minimum absolute atomic E-state index is 0.131. The Kier molecular flexibility index (Phi) is 3.20. The normalized spacial score (nSPS) is 10.5. The molecule has 0 unspecified atom stereocenters. The van der Waals surface area contributed by atoms with Gasteiger partial charge in [-0.3, -0.25) is 0 Å². The van der Waals surface area contributed by atoms with Crippen molar-refractivity contribution in [2.75, 3.05) is 5.73 Å². The van der Waals surface area contributed by atoms with Gasteiger partial charge in [0.1, 0.15) is 23.3 Å². The molecule has 0 bridgehead atoms. The quantitative estimate of drug-likeness (QED) is 0.734. The maximum Gasteiger partial charge on any atom is 0.142 e. The molecule has 3 rings (SSSR count). The summed E-state index contributed by atoms with van der Waals surface area (Å²) < 4.78 is 13.1. The van der Waals surface area contributed by atoms with Crippen molar-refractivity contribution in [2.24, 2.45) is 0 Å². The molecule has 2 N–H and O–H groups in total. The smallest absolute Gasteiger partial charge is 0.142 e. The summed E-state index contributed by atoms with van der Waals surface area (Å²) in [5.41, 5.74) is 7.94. The van der Waals surface area contributed by atoms with E-state index in [1.54, 1.807) is 30.3 Å². The third kappa shape index (κ3) is 2.18. The first kappa shape index (κ1) is 13.3. The van der Waals surface area contributed by atoms with Crippen molar-refractivity contribution in [3.8, 4) is 17.2 Å². The summed E-state index contributed by atoms with van der Waals surface area (Å²) >= 11 is 6.26. The monoisotopic (exact) mass is 297 g/mol. The second-order valence-electron chi connectivity index (χ2n) is 4.50. The zero-order valence-corrected chi connectivity index (χ0v) is 11.5. The molecule has 0 aliphatic carbocycles. The van der Waals surface area contributed by atoms with Crippen LogP contribution in [-0.4, -0.2) is 4.98 Å². The Hall–Kier alpha value is -2.64. The van der Waals surface area contributed by atoms with Crippen molar-refractivity contribution >= 4 is 28.3 Å². The number of halogens is 2. The van der Waals surface area contributed by atoms with Crippen LogP contribution < -0.4 is 5.73 Å². The van der Waals surface area contributed by atoms with Crippen molar-refractivity contribution in [1.82, 2.24) is 4.98 Å². The van der Waals surface area contributed by atoms with Gasteiger partial charge >= 0.3 is 0 Å². The molecule has 1 heterocycles. The summed E-state index contributed by atoms with van der Waals surface area (Å²) in [5.74, 6) is -0.221. The molecule has 3 nitrogen and oxygen atoms in total. The summed E-state index contributed by atoms with van der Waals surface area (Å²) in [5, 5.41) is 10.5. The molecule has 5 heteroatoms. The largest absolute Gasteiger partial charge is 0.383 e. The zero-order chi connectivity index (χ0) is 15.0. The van der Waals surface area contributed by atoms with Crippen LogP contribution in [0.1, 0.15) is 5.56 Å². The van der Waals surface area contributed by atoms with Gasteiger partial charge in [-0.1, -0.05) is 29.8 Å².